The van der Waals surface area contributed by atoms with Crippen molar-refractivity contribution in [2.24, 2.45) is 5.84 Å². The summed E-state index contributed by atoms with van der Waals surface area (Å²) in [5, 5.41) is 0. The second-order valence-electron chi connectivity index (χ2n) is 5.18. The van der Waals surface area contributed by atoms with Crippen molar-refractivity contribution < 1.29 is 16.8 Å². The molecule has 0 amide bonds. The second-order valence-corrected chi connectivity index (χ2v) is 9.16. The predicted molar refractivity (Wildman–Crippen MR) is 79.9 cm³/mol. The number of sulfonamides is 1. The molecule has 0 radical (unpaired) electrons. The fourth-order valence-electron chi connectivity index (χ4n) is 2.17. The van der Waals surface area contributed by atoms with Gasteiger partial charge in [0.1, 0.15) is 4.90 Å². The van der Waals surface area contributed by atoms with Crippen molar-refractivity contribution in [2.75, 3.05) is 18.7 Å². The highest BCUT2D eigenvalue weighted by molar-refractivity contribution is 7.91. The molecule has 3 N–H and O–H groups in total. The summed E-state index contributed by atoms with van der Waals surface area (Å²) in [6, 6.07) is 3.79. The van der Waals surface area contributed by atoms with Crippen LogP contribution in [-0.2, 0) is 19.9 Å². The van der Waals surface area contributed by atoms with E-state index in [9.17, 15) is 16.8 Å². The van der Waals surface area contributed by atoms with Gasteiger partial charge in [-0.05, 0) is 31.0 Å². The lowest BCUT2D eigenvalue weighted by Gasteiger charge is -2.34. The van der Waals surface area contributed by atoms with Crippen molar-refractivity contribution >= 4 is 25.5 Å². The third-order valence-electron chi connectivity index (χ3n) is 3.78. The van der Waals surface area contributed by atoms with Gasteiger partial charge in [-0.15, -0.1) is 0 Å². The SMILES string of the molecule is CN(C1CCC1)S(=O)(=O)c1cc(S(C)(=O)=O)ccc1NN. The van der Waals surface area contributed by atoms with Gasteiger partial charge in [0.2, 0.25) is 10.0 Å². The lowest BCUT2D eigenvalue weighted by atomic mass is 9.94. The standard InChI is InChI=1S/C12H19N3O4S2/c1-15(9-4-3-5-9)21(18,19)12-8-10(20(2,16)17)6-7-11(12)14-13/h6-9,14H,3-5,13H2,1-2H3. The molecule has 0 spiro atoms. The maximum Gasteiger partial charge on any atom is 0.245 e. The zero-order valence-electron chi connectivity index (χ0n) is 11.9. The molecule has 9 heteroatoms. The van der Waals surface area contributed by atoms with Gasteiger partial charge in [0, 0.05) is 19.3 Å². The second kappa shape index (κ2) is 5.56. The number of nitrogens with two attached hydrogens (primary N) is 1. The van der Waals surface area contributed by atoms with Crippen LogP contribution >= 0.6 is 0 Å². The third kappa shape index (κ3) is 3.05. The molecule has 1 fully saturated rings. The van der Waals surface area contributed by atoms with E-state index in [0.717, 1.165) is 31.6 Å². The number of nitrogens with one attached hydrogen (secondary N) is 1. The highest BCUT2D eigenvalue weighted by Gasteiger charge is 2.33. The van der Waals surface area contributed by atoms with Gasteiger partial charge in [-0.2, -0.15) is 4.31 Å². The molecule has 0 aliphatic heterocycles. The molecule has 2 rings (SSSR count). The highest BCUT2D eigenvalue weighted by atomic mass is 32.2. The minimum Gasteiger partial charge on any atom is -0.323 e. The number of hydrogen-bond acceptors (Lipinski definition) is 6. The minimum atomic E-state index is -3.80. The van der Waals surface area contributed by atoms with E-state index in [1.54, 1.807) is 0 Å². The lowest BCUT2D eigenvalue weighted by molar-refractivity contribution is 0.249. The Bertz CT molecular complexity index is 740. The Morgan fingerprint density at radius 3 is 2.29 bits per heavy atom. The van der Waals surface area contributed by atoms with Crippen molar-refractivity contribution in [3.8, 4) is 0 Å². The van der Waals surface area contributed by atoms with E-state index in [-0.39, 0.29) is 21.5 Å². The van der Waals surface area contributed by atoms with E-state index in [1.165, 1.54) is 23.5 Å². The monoisotopic (exact) mass is 333 g/mol. The Kier molecular flexibility index (Phi) is 4.29. The van der Waals surface area contributed by atoms with Crippen molar-refractivity contribution in [1.82, 2.24) is 4.31 Å². The molecule has 0 heterocycles. The van der Waals surface area contributed by atoms with Crippen LogP contribution in [0.15, 0.2) is 28.0 Å². The summed E-state index contributed by atoms with van der Waals surface area (Å²) in [4.78, 5) is -0.176. The first-order chi connectivity index (χ1) is 9.67. The highest BCUT2D eigenvalue weighted by Crippen LogP contribution is 2.32. The zero-order valence-corrected chi connectivity index (χ0v) is 13.5. The van der Waals surface area contributed by atoms with Crippen LogP contribution in [0.1, 0.15) is 19.3 Å². The first-order valence-corrected chi connectivity index (χ1v) is 9.80. The van der Waals surface area contributed by atoms with Crippen molar-refractivity contribution in [2.45, 2.75) is 35.1 Å². The molecule has 0 atom stereocenters. The fraction of sp³-hybridized carbons (Fsp3) is 0.500. The third-order valence-corrected chi connectivity index (χ3v) is 6.84. The molecule has 1 aromatic carbocycles. The maximum atomic E-state index is 12.7. The summed E-state index contributed by atoms with van der Waals surface area (Å²) in [5.41, 5.74) is 2.48. The zero-order chi connectivity index (χ0) is 15.8. The van der Waals surface area contributed by atoms with E-state index in [1.807, 2.05) is 0 Å². The number of nitrogen functional groups attached to an aromatic ring is 1. The molecule has 0 aromatic heterocycles. The van der Waals surface area contributed by atoms with Gasteiger partial charge in [0.15, 0.2) is 9.84 Å². The van der Waals surface area contributed by atoms with Gasteiger partial charge in [-0.1, -0.05) is 6.42 Å². The number of anilines is 1. The van der Waals surface area contributed by atoms with Gasteiger partial charge in [-0.3, -0.25) is 5.84 Å². The van der Waals surface area contributed by atoms with Crippen molar-refractivity contribution in [1.29, 1.82) is 0 Å². The quantitative estimate of drug-likeness (QED) is 0.601. The van der Waals surface area contributed by atoms with Crippen LogP contribution in [0.4, 0.5) is 5.69 Å². The number of hydrogen-bond donors (Lipinski definition) is 2. The minimum absolute atomic E-state index is 0.0393. The Balaban J connectivity index is 2.54. The molecular weight excluding hydrogens is 314 g/mol. The smallest absolute Gasteiger partial charge is 0.245 e. The van der Waals surface area contributed by atoms with Crippen LogP contribution < -0.4 is 11.3 Å². The molecule has 1 aliphatic carbocycles. The van der Waals surface area contributed by atoms with E-state index < -0.39 is 19.9 Å². The molecule has 0 saturated heterocycles. The number of rotatable bonds is 5. The molecular formula is C12H19N3O4S2. The van der Waals surface area contributed by atoms with Crippen molar-refractivity contribution in [3.05, 3.63) is 18.2 Å². The largest absolute Gasteiger partial charge is 0.323 e. The molecule has 7 nitrogen and oxygen atoms in total. The molecule has 118 valence electrons. The number of nitrogens with zero attached hydrogens (tertiary/aromatic N) is 1. The molecule has 1 aliphatic rings. The average Bonchev–Trinajstić information content (AvgIpc) is 2.34. The number of benzene rings is 1. The number of hydrazine groups is 1. The van der Waals surface area contributed by atoms with Crippen molar-refractivity contribution in [3.63, 3.8) is 0 Å². The fourth-order valence-corrected chi connectivity index (χ4v) is 4.48. The first kappa shape index (κ1) is 16.2. The average molecular weight is 333 g/mol. The summed E-state index contributed by atoms with van der Waals surface area (Å²) in [5.74, 6) is 5.35. The predicted octanol–water partition coefficient (Wildman–Crippen LogP) is 0.549. The van der Waals surface area contributed by atoms with Crippen LogP contribution in [0.5, 0.6) is 0 Å². The van der Waals surface area contributed by atoms with Gasteiger partial charge < -0.3 is 5.43 Å². The van der Waals surface area contributed by atoms with Crippen LogP contribution in [0.2, 0.25) is 0 Å². The Labute approximate surface area is 125 Å². The van der Waals surface area contributed by atoms with Crippen LogP contribution in [0, 0.1) is 0 Å². The van der Waals surface area contributed by atoms with E-state index in [2.05, 4.69) is 5.43 Å². The molecule has 21 heavy (non-hydrogen) atoms. The summed E-state index contributed by atoms with van der Waals surface area (Å²) >= 11 is 0. The molecule has 0 bridgehead atoms. The summed E-state index contributed by atoms with van der Waals surface area (Å²) in [7, 11) is -5.79. The van der Waals surface area contributed by atoms with Gasteiger partial charge in [-0.25, -0.2) is 16.8 Å². The Morgan fingerprint density at radius 1 is 1.24 bits per heavy atom. The van der Waals surface area contributed by atoms with Gasteiger partial charge >= 0.3 is 0 Å². The van der Waals surface area contributed by atoms with Crippen LogP contribution in [0.25, 0.3) is 0 Å². The lowest BCUT2D eigenvalue weighted by Crippen LogP contribution is -2.41. The van der Waals surface area contributed by atoms with E-state index in [0.29, 0.717) is 0 Å². The van der Waals surface area contributed by atoms with E-state index >= 15 is 0 Å². The molecule has 1 saturated carbocycles. The molecule has 0 unspecified atom stereocenters. The summed E-state index contributed by atoms with van der Waals surface area (Å²) < 4.78 is 49.9. The Hall–Kier alpha value is -1.16. The summed E-state index contributed by atoms with van der Waals surface area (Å²) in [6.07, 6.45) is 3.65. The maximum absolute atomic E-state index is 12.7. The molecule has 1 aromatic rings. The van der Waals surface area contributed by atoms with Crippen LogP contribution in [-0.4, -0.2) is 40.5 Å². The Morgan fingerprint density at radius 2 is 1.86 bits per heavy atom. The van der Waals surface area contributed by atoms with E-state index in [4.69, 9.17) is 5.84 Å². The normalized spacial score (nSPS) is 16.8. The van der Waals surface area contributed by atoms with Gasteiger partial charge in [0.25, 0.3) is 0 Å². The topological polar surface area (TPSA) is 110 Å². The van der Waals surface area contributed by atoms with Gasteiger partial charge in [0.05, 0.1) is 10.6 Å². The number of sulfone groups is 1. The first-order valence-electron chi connectivity index (χ1n) is 6.46. The summed E-state index contributed by atoms with van der Waals surface area (Å²) in [6.45, 7) is 0. The van der Waals surface area contributed by atoms with Crippen LogP contribution in [0.3, 0.4) is 0 Å².